The van der Waals surface area contributed by atoms with Gasteiger partial charge in [0.15, 0.2) is 0 Å². The fourth-order valence-corrected chi connectivity index (χ4v) is 4.83. The average Bonchev–Trinajstić information content (AvgIpc) is 3.22. The number of amides is 1. The van der Waals surface area contributed by atoms with Crippen molar-refractivity contribution in [2.75, 3.05) is 32.1 Å². The lowest BCUT2D eigenvalue weighted by Crippen LogP contribution is -2.40. The molecule has 5 rings (SSSR count). The maximum absolute atomic E-state index is 13.9. The lowest BCUT2D eigenvalue weighted by molar-refractivity contribution is 0.0691. The number of aromatic nitrogens is 1. The summed E-state index contributed by atoms with van der Waals surface area (Å²) in [7, 11) is 3.98. The summed E-state index contributed by atoms with van der Waals surface area (Å²) in [4.78, 5) is 21.5. The third kappa shape index (κ3) is 3.84. The van der Waals surface area contributed by atoms with Gasteiger partial charge in [0, 0.05) is 48.5 Å². The molecule has 5 nitrogen and oxygen atoms in total. The van der Waals surface area contributed by atoms with Crippen molar-refractivity contribution in [1.29, 1.82) is 0 Å². The first kappa shape index (κ1) is 21.1. The fourth-order valence-electron chi connectivity index (χ4n) is 4.83. The highest BCUT2D eigenvalue weighted by atomic mass is 16.5. The number of anilines is 1. The first-order valence-corrected chi connectivity index (χ1v) is 11.5. The third-order valence-electron chi connectivity index (χ3n) is 6.39. The number of hydrogen-bond donors (Lipinski definition) is 1. The summed E-state index contributed by atoms with van der Waals surface area (Å²) in [6.45, 7) is 3.24. The van der Waals surface area contributed by atoms with E-state index in [1.165, 1.54) is 10.9 Å². The zero-order chi connectivity index (χ0) is 22.9. The molecule has 0 bridgehead atoms. The molecule has 1 N–H and O–H groups in total. The standard InChI is InChI=1S/C28H29N3O2/c1-4-33-22-12-8-9-19(18-22)27-26-24(23-13-5-6-14-25(23)29-26)15-16-31(27)28(32)20-10-7-11-21(17-20)30(2)3/h5-14,17-18,27,29H,4,15-16H2,1-3H3/t27-/m0/s1. The van der Waals surface area contributed by atoms with E-state index < -0.39 is 0 Å². The summed E-state index contributed by atoms with van der Waals surface area (Å²) >= 11 is 0. The van der Waals surface area contributed by atoms with Gasteiger partial charge in [-0.15, -0.1) is 0 Å². The fraction of sp³-hybridized carbons (Fsp3) is 0.250. The molecule has 0 radical (unpaired) electrons. The van der Waals surface area contributed by atoms with Crippen molar-refractivity contribution in [2.45, 2.75) is 19.4 Å². The van der Waals surface area contributed by atoms with Gasteiger partial charge in [-0.05, 0) is 60.9 Å². The molecule has 5 heteroatoms. The molecular weight excluding hydrogens is 410 g/mol. The third-order valence-corrected chi connectivity index (χ3v) is 6.39. The summed E-state index contributed by atoms with van der Waals surface area (Å²) in [6, 6.07) is 24.1. The molecule has 3 aromatic carbocycles. The van der Waals surface area contributed by atoms with E-state index in [-0.39, 0.29) is 11.9 Å². The van der Waals surface area contributed by atoms with Crippen molar-refractivity contribution in [3.63, 3.8) is 0 Å². The minimum Gasteiger partial charge on any atom is -0.494 e. The van der Waals surface area contributed by atoms with Crippen LogP contribution >= 0.6 is 0 Å². The van der Waals surface area contributed by atoms with Crippen molar-refractivity contribution in [2.24, 2.45) is 0 Å². The summed E-state index contributed by atoms with van der Waals surface area (Å²) in [5, 5.41) is 1.24. The SMILES string of the molecule is CCOc1cccc([C@H]2c3[nH]c4ccccc4c3CCN2C(=O)c2cccc(N(C)C)c2)c1. The Morgan fingerprint density at radius 3 is 2.70 bits per heavy atom. The van der Waals surface area contributed by atoms with Crippen LogP contribution in [0.5, 0.6) is 5.75 Å². The molecule has 0 unspecified atom stereocenters. The van der Waals surface area contributed by atoms with Crippen LogP contribution in [0.1, 0.15) is 40.1 Å². The van der Waals surface area contributed by atoms with E-state index in [9.17, 15) is 4.79 Å². The molecule has 1 aromatic heterocycles. The van der Waals surface area contributed by atoms with E-state index >= 15 is 0 Å². The summed E-state index contributed by atoms with van der Waals surface area (Å²) in [5.41, 5.74) is 6.26. The number of H-pyrrole nitrogens is 1. The lowest BCUT2D eigenvalue weighted by atomic mass is 9.91. The van der Waals surface area contributed by atoms with Crippen LogP contribution in [0.15, 0.2) is 72.8 Å². The van der Waals surface area contributed by atoms with Gasteiger partial charge in [-0.1, -0.05) is 36.4 Å². The topological polar surface area (TPSA) is 48.6 Å². The minimum absolute atomic E-state index is 0.0369. The average molecular weight is 440 g/mol. The summed E-state index contributed by atoms with van der Waals surface area (Å²) < 4.78 is 5.79. The second kappa shape index (κ2) is 8.66. The molecule has 1 aliphatic rings. The number of nitrogens with one attached hydrogen (secondary N) is 1. The number of ether oxygens (including phenoxy) is 1. The number of aromatic amines is 1. The van der Waals surface area contributed by atoms with Gasteiger partial charge in [-0.3, -0.25) is 4.79 Å². The van der Waals surface area contributed by atoms with Crippen molar-refractivity contribution < 1.29 is 9.53 Å². The Balaban J connectivity index is 1.63. The molecule has 0 saturated heterocycles. The van der Waals surface area contributed by atoms with Gasteiger partial charge in [0.25, 0.3) is 5.91 Å². The maximum atomic E-state index is 13.9. The van der Waals surface area contributed by atoms with E-state index in [1.807, 2.05) is 73.3 Å². The summed E-state index contributed by atoms with van der Waals surface area (Å²) in [5.74, 6) is 0.857. The first-order chi connectivity index (χ1) is 16.1. The Labute approximate surface area is 194 Å². The van der Waals surface area contributed by atoms with Crippen LogP contribution in [0.4, 0.5) is 5.69 Å². The molecule has 0 spiro atoms. The van der Waals surface area contributed by atoms with Crippen molar-refractivity contribution >= 4 is 22.5 Å². The van der Waals surface area contributed by atoms with Gasteiger partial charge < -0.3 is 19.5 Å². The Bertz CT molecular complexity index is 1310. The largest absolute Gasteiger partial charge is 0.494 e. The van der Waals surface area contributed by atoms with E-state index in [0.29, 0.717) is 18.7 Å². The quantitative estimate of drug-likeness (QED) is 0.452. The number of carbonyl (C=O) groups is 1. The molecule has 1 atom stereocenters. The highest BCUT2D eigenvalue weighted by molar-refractivity contribution is 5.96. The number of rotatable bonds is 5. The van der Waals surface area contributed by atoms with Crippen LogP contribution in [0.3, 0.4) is 0 Å². The molecule has 1 aliphatic heterocycles. The van der Waals surface area contributed by atoms with Gasteiger partial charge in [-0.2, -0.15) is 0 Å². The van der Waals surface area contributed by atoms with E-state index in [1.54, 1.807) is 0 Å². The second-order valence-electron chi connectivity index (χ2n) is 8.66. The highest BCUT2D eigenvalue weighted by Crippen LogP contribution is 2.40. The molecule has 0 aliphatic carbocycles. The zero-order valence-electron chi connectivity index (χ0n) is 19.3. The van der Waals surface area contributed by atoms with Crippen molar-refractivity contribution in [1.82, 2.24) is 9.88 Å². The van der Waals surface area contributed by atoms with Crippen LogP contribution in [0, 0.1) is 0 Å². The molecule has 2 heterocycles. The van der Waals surface area contributed by atoms with E-state index in [2.05, 4.69) is 35.3 Å². The molecule has 1 amide bonds. The number of benzene rings is 3. The van der Waals surface area contributed by atoms with Gasteiger partial charge in [-0.25, -0.2) is 0 Å². The second-order valence-corrected chi connectivity index (χ2v) is 8.66. The normalized spacial score (nSPS) is 15.4. The number of hydrogen-bond acceptors (Lipinski definition) is 3. The van der Waals surface area contributed by atoms with Crippen molar-refractivity contribution in [3.05, 3.63) is 95.2 Å². The number of para-hydroxylation sites is 1. The molecular formula is C28H29N3O2. The Hall–Kier alpha value is -3.73. The number of nitrogens with zero attached hydrogens (tertiary/aromatic N) is 2. The smallest absolute Gasteiger partial charge is 0.254 e. The molecule has 4 aromatic rings. The van der Waals surface area contributed by atoms with E-state index in [0.717, 1.165) is 34.6 Å². The molecule has 168 valence electrons. The Morgan fingerprint density at radius 2 is 1.88 bits per heavy atom. The molecule has 33 heavy (non-hydrogen) atoms. The minimum atomic E-state index is -0.211. The Kier molecular flexibility index (Phi) is 5.55. The van der Waals surface area contributed by atoms with Crippen LogP contribution in [0.2, 0.25) is 0 Å². The van der Waals surface area contributed by atoms with Crippen LogP contribution in [-0.4, -0.2) is 43.0 Å². The number of fused-ring (bicyclic) bond motifs is 3. The van der Waals surface area contributed by atoms with Gasteiger partial charge in [0.1, 0.15) is 5.75 Å². The van der Waals surface area contributed by atoms with Crippen molar-refractivity contribution in [3.8, 4) is 5.75 Å². The zero-order valence-corrected chi connectivity index (χ0v) is 19.3. The number of carbonyl (C=O) groups excluding carboxylic acids is 1. The predicted molar refractivity (Wildman–Crippen MR) is 133 cm³/mol. The van der Waals surface area contributed by atoms with Crippen LogP contribution < -0.4 is 9.64 Å². The predicted octanol–water partition coefficient (Wildman–Crippen LogP) is 5.42. The monoisotopic (exact) mass is 439 g/mol. The Morgan fingerprint density at radius 1 is 1.06 bits per heavy atom. The van der Waals surface area contributed by atoms with Gasteiger partial charge in [0.05, 0.1) is 12.6 Å². The van der Waals surface area contributed by atoms with Crippen LogP contribution in [-0.2, 0) is 6.42 Å². The van der Waals surface area contributed by atoms with E-state index in [4.69, 9.17) is 4.74 Å². The lowest BCUT2D eigenvalue weighted by Gasteiger charge is -2.36. The van der Waals surface area contributed by atoms with Gasteiger partial charge >= 0.3 is 0 Å². The summed E-state index contributed by atoms with van der Waals surface area (Å²) in [6.07, 6.45) is 0.820. The van der Waals surface area contributed by atoms with Gasteiger partial charge in [0.2, 0.25) is 0 Å². The maximum Gasteiger partial charge on any atom is 0.254 e. The molecule has 0 fully saturated rings. The first-order valence-electron chi connectivity index (χ1n) is 11.5. The van der Waals surface area contributed by atoms with Crippen LogP contribution in [0.25, 0.3) is 10.9 Å². The molecule has 0 saturated carbocycles. The highest BCUT2D eigenvalue weighted by Gasteiger charge is 2.35.